The number of hydrogen-bond donors (Lipinski definition) is 0. The summed E-state index contributed by atoms with van der Waals surface area (Å²) in [6.45, 7) is 1.33. The highest BCUT2D eigenvalue weighted by molar-refractivity contribution is 5.79. The molecule has 0 saturated heterocycles. The van der Waals surface area contributed by atoms with Crippen molar-refractivity contribution < 1.29 is 14.5 Å². The Morgan fingerprint density at radius 1 is 1.42 bits per heavy atom. The molecule has 0 aliphatic heterocycles. The summed E-state index contributed by atoms with van der Waals surface area (Å²) >= 11 is 0. The molecule has 0 atom stereocenters. The van der Waals surface area contributed by atoms with E-state index in [0.717, 1.165) is 19.3 Å². The minimum absolute atomic E-state index is 0.0471. The number of carbonyl (C=O) groups is 1. The van der Waals surface area contributed by atoms with Crippen LogP contribution in [-0.2, 0) is 4.79 Å². The summed E-state index contributed by atoms with van der Waals surface area (Å²) in [6.07, 6.45) is 4.27. The molecule has 0 radical (unpaired) electrons. The van der Waals surface area contributed by atoms with E-state index in [0.29, 0.717) is 24.2 Å². The van der Waals surface area contributed by atoms with Crippen LogP contribution in [0, 0.1) is 28.4 Å². The number of benzene rings is 1. The second-order valence-corrected chi connectivity index (χ2v) is 6.10. The highest BCUT2D eigenvalue weighted by atomic mass is 16.6. The fraction of sp³-hybridized carbons (Fsp3) is 0.529. The van der Waals surface area contributed by atoms with Gasteiger partial charge in [-0.15, -0.1) is 0 Å². The lowest BCUT2D eigenvalue weighted by atomic mass is 9.81. The smallest absolute Gasteiger partial charge is 0.276 e. The molecule has 7 heteroatoms. The van der Waals surface area contributed by atoms with Crippen LogP contribution in [0.25, 0.3) is 0 Å². The predicted octanol–water partition coefficient (Wildman–Crippen LogP) is 2.97. The molecule has 2 rings (SSSR count). The number of nitro groups is 1. The first kappa shape index (κ1) is 17.7. The topological polar surface area (TPSA) is 96.5 Å². The lowest BCUT2D eigenvalue weighted by Crippen LogP contribution is -2.51. The van der Waals surface area contributed by atoms with Crippen LogP contribution in [0.2, 0.25) is 0 Å². The van der Waals surface area contributed by atoms with Crippen LogP contribution in [0.1, 0.15) is 37.7 Å². The first-order chi connectivity index (χ1) is 11.4. The zero-order chi connectivity index (χ0) is 17.7. The molecule has 0 heterocycles. The van der Waals surface area contributed by atoms with E-state index in [-0.39, 0.29) is 18.2 Å². The average Bonchev–Trinajstić information content (AvgIpc) is 2.60. The number of carbonyl (C=O) groups excluding carboxylic acids is 1. The van der Waals surface area contributed by atoms with Crippen molar-refractivity contribution >= 4 is 11.6 Å². The van der Waals surface area contributed by atoms with Gasteiger partial charge in [0.05, 0.1) is 16.6 Å². The molecule has 1 aromatic carbocycles. The largest absolute Gasteiger partial charge is 0.483 e. The van der Waals surface area contributed by atoms with Gasteiger partial charge in [0, 0.05) is 13.1 Å². The molecule has 128 valence electrons. The maximum absolute atomic E-state index is 12.4. The third kappa shape index (κ3) is 3.48. The maximum atomic E-state index is 12.4. The molecule has 0 bridgehead atoms. The van der Waals surface area contributed by atoms with Crippen molar-refractivity contribution in [2.45, 2.75) is 44.6 Å². The monoisotopic (exact) mass is 331 g/mol. The SMILES string of the molecule is Cc1c(OCC(=O)N(C)C2(C#N)CCCCC2)cccc1[N+](=O)[O-]. The fourth-order valence-electron chi connectivity index (χ4n) is 3.09. The third-order valence-corrected chi connectivity index (χ3v) is 4.71. The standard InChI is InChI=1S/C17H21N3O4/c1-13-14(20(22)23)7-6-8-15(13)24-11-16(21)19(2)17(12-18)9-4-3-5-10-17/h6-8H,3-5,9-11H2,1-2H3. The van der Waals surface area contributed by atoms with Gasteiger partial charge in [0.2, 0.25) is 0 Å². The number of nitriles is 1. The van der Waals surface area contributed by atoms with Crippen LogP contribution in [0.4, 0.5) is 5.69 Å². The van der Waals surface area contributed by atoms with Gasteiger partial charge in [-0.25, -0.2) is 0 Å². The second kappa shape index (κ2) is 7.30. The van der Waals surface area contributed by atoms with Gasteiger partial charge in [0.25, 0.3) is 11.6 Å². The molecule has 1 saturated carbocycles. The first-order valence-corrected chi connectivity index (χ1v) is 7.96. The molecular formula is C17H21N3O4. The summed E-state index contributed by atoms with van der Waals surface area (Å²) < 4.78 is 5.49. The Balaban J connectivity index is 2.07. The van der Waals surface area contributed by atoms with Crippen molar-refractivity contribution in [2.24, 2.45) is 0 Å². The van der Waals surface area contributed by atoms with Crippen LogP contribution < -0.4 is 4.74 Å². The van der Waals surface area contributed by atoms with Gasteiger partial charge in [0.1, 0.15) is 11.3 Å². The van der Waals surface area contributed by atoms with Gasteiger partial charge < -0.3 is 9.64 Å². The Morgan fingerprint density at radius 3 is 2.67 bits per heavy atom. The number of amides is 1. The van der Waals surface area contributed by atoms with E-state index in [4.69, 9.17) is 4.74 Å². The molecule has 1 aliphatic rings. The zero-order valence-electron chi connectivity index (χ0n) is 13.9. The minimum atomic E-state index is -0.767. The van der Waals surface area contributed by atoms with Crippen molar-refractivity contribution in [3.63, 3.8) is 0 Å². The van der Waals surface area contributed by atoms with Gasteiger partial charge in [-0.1, -0.05) is 25.3 Å². The summed E-state index contributed by atoms with van der Waals surface area (Å²) in [5.74, 6) is 0.00459. The summed E-state index contributed by atoms with van der Waals surface area (Å²) in [5.41, 5.74) is -0.434. The number of likely N-dealkylation sites (N-methyl/N-ethyl adjacent to an activating group) is 1. The van der Waals surface area contributed by atoms with Crippen LogP contribution in [0.5, 0.6) is 5.75 Å². The Bertz CT molecular complexity index is 675. The van der Waals surface area contributed by atoms with Crippen molar-refractivity contribution in [1.82, 2.24) is 4.90 Å². The number of nitrogens with zero attached hydrogens (tertiary/aromatic N) is 3. The van der Waals surface area contributed by atoms with E-state index in [1.165, 1.54) is 17.0 Å². The normalized spacial score (nSPS) is 16.0. The van der Waals surface area contributed by atoms with E-state index < -0.39 is 10.5 Å². The summed E-state index contributed by atoms with van der Waals surface area (Å²) in [5, 5.41) is 20.5. The molecule has 1 amide bonds. The van der Waals surface area contributed by atoms with Gasteiger partial charge in [-0.3, -0.25) is 14.9 Å². The summed E-state index contributed by atoms with van der Waals surface area (Å²) in [6, 6.07) is 6.80. The molecular weight excluding hydrogens is 310 g/mol. The van der Waals surface area contributed by atoms with Crippen molar-refractivity contribution in [3.8, 4) is 11.8 Å². The molecule has 0 spiro atoms. The average molecular weight is 331 g/mol. The Morgan fingerprint density at radius 2 is 2.08 bits per heavy atom. The molecule has 0 aromatic heterocycles. The van der Waals surface area contributed by atoms with Crippen molar-refractivity contribution in [3.05, 3.63) is 33.9 Å². The maximum Gasteiger partial charge on any atom is 0.276 e. The number of rotatable bonds is 5. The van der Waals surface area contributed by atoms with Gasteiger partial charge >= 0.3 is 0 Å². The lowest BCUT2D eigenvalue weighted by molar-refractivity contribution is -0.385. The molecule has 7 nitrogen and oxygen atoms in total. The molecule has 0 unspecified atom stereocenters. The second-order valence-electron chi connectivity index (χ2n) is 6.10. The Labute approximate surface area is 141 Å². The molecule has 1 aliphatic carbocycles. The van der Waals surface area contributed by atoms with Gasteiger partial charge in [0.15, 0.2) is 6.61 Å². The number of nitro benzene ring substituents is 1. The quantitative estimate of drug-likeness (QED) is 0.610. The summed E-state index contributed by atoms with van der Waals surface area (Å²) in [7, 11) is 1.63. The van der Waals surface area contributed by atoms with Gasteiger partial charge in [-0.2, -0.15) is 5.26 Å². The Hall–Kier alpha value is -2.62. The number of hydrogen-bond acceptors (Lipinski definition) is 5. The Kier molecular flexibility index (Phi) is 5.39. The highest BCUT2D eigenvalue weighted by Crippen LogP contribution is 2.33. The molecule has 1 aromatic rings. The van der Waals surface area contributed by atoms with Crippen LogP contribution in [-0.4, -0.2) is 34.9 Å². The zero-order valence-corrected chi connectivity index (χ0v) is 13.9. The molecule has 24 heavy (non-hydrogen) atoms. The third-order valence-electron chi connectivity index (χ3n) is 4.71. The first-order valence-electron chi connectivity index (χ1n) is 7.96. The predicted molar refractivity (Wildman–Crippen MR) is 87.5 cm³/mol. The summed E-state index contributed by atoms with van der Waals surface area (Å²) in [4.78, 5) is 24.4. The van der Waals surface area contributed by atoms with E-state index in [2.05, 4.69) is 6.07 Å². The van der Waals surface area contributed by atoms with Crippen LogP contribution in [0.3, 0.4) is 0 Å². The van der Waals surface area contributed by atoms with E-state index >= 15 is 0 Å². The van der Waals surface area contributed by atoms with Crippen LogP contribution in [0.15, 0.2) is 18.2 Å². The highest BCUT2D eigenvalue weighted by Gasteiger charge is 2.38. The lowest BCUT2D eigenvalue weighted by Gasteiger charge is -2.38. The van der Waals surface area contributed by atoms with Crippen molar-refractivity contribution in [2.75, 3.05) is 13.7 Å². The van der Waals surface area contributed by atoms with Gasteiger partial charge in [-0.05, 0) is 25.8 Å². The van der Waals surface area contributed by atoms with E-state index in [1.807, 2.05) is 0 Å². The molecule has 1 fully saturated rings. The van der Waals surface area contributed by atoms with Crippen LogP contribution >= 0.6 is 0 Å². The van der Waals surface area contributed by atoms with E-state index in [1.54, 1.807) is 20.0 Å². The minimum Gasteiger partial charge on any atom is -0.483 e. The fourth-order valence-corrected chi connectivity index (χ4v) is 3.09. The van der Waals surface area contributed by atoms with E-state index in [9.17, 15) is 20.2 Å². The van der Waals surface area contributed by atoms with Crippen molar-refractivity contribution in [1.29, 1.82) is 5.26 Å². The molecule has 0 N–H and O–H groups in total. The number of ether oxygens (including phenoxy) is 1.